The molecule has 2 fully saturated rings. The van der Waals surface area contributed by atoms with Gasteiger partial charge in [0.05, 0.1) is 18.4 Å². The van der Waals surface area contributed by atoms with E-state index < -0.39 is 15.6 Å². The molecule has 2 aliphatic heterocycles. The molecule has 128 valence electrons. The first kappa shape index (κ1) is 17.7. The lowest BCUT2D eigenvalue weighted by Crippen LogP contribution is -2.49. The summed E-state index contributed by atoms with van der Waals surface area (Å²) in [5.41, 5.74) is -0.703. The smallest absolute Gasteiger partial charge is 0.249 e. The standard InChI is InChI=1S/C14H26N2O5S/c1-13(11-17)9-14(10-16(13)12(18)8-21-2)4-6-15(7-5-14)22(3,19)20/h17H,4-11H2,1-3H3/t13-/m0/s1. The predicted octanol–water partition coefficient (Wildman–Crippen LogP) is -0.342. The lowest BCUT2D eigenvalue weighted by atomic mass is 9.75. The average Bonchev–Trinajstić information content (AvgIpc) is 2.72. The molecule has 0 aromatic carbocycles. The maximum Gasteiger partial charge on any atom is 0.249 e. The van der Waals surface area contributed by atoms with Crippen LogP contribution < -0.4 is 0 Å². The van der Waals surface area contributed by atoms with Crippen LogP contribution in [0.2, 0.25) is 0 Å². The van der Waals surface area contributed by atoms with Crippen molar-refractivity contribution in [1.29, 1.82) is 0 Å². The Hall–Kier alpha value is -0.700. The molecule has 0 radical (unpaired) electrons. The molecule has 2 heterocycles. The van der Waals surface area contributed by atoms with E-state index in [1.807, 2.05) is 6.92 Å². The van der Waals surface area contributed by atoms with Crippen LogP contribution in [-0.4, -0.2) is 80.4 Å². The fourth-order valence-electron chi connectivity index (χ4n) is 3.84. The molecule has 7 nitrogen and oxygen atoms in total. The second kappa shape index (κ2) is 6.07. The molecular weight excluding hydrogens is 308 g/mol. The van der Waals surface area contributed by atoms with Gasteiger partial charge in [-0.25, -0.2) is 12.7 Å². The number of carbonyl (C=O) groups excluding carboxylic acids is 1. The molecule has 1 amide bonds. The summed E-state index contributed by atoms with van der Waals surface area (Å²) in [6.07, 6.45) is 3.36. The number of methoxy groups -OCH3 is 1. The Morgan fingerprint density at radius 2 is 1.91 bits per heavy atom. The number of amides is 1. The van der Waals surface area contributed by atoms with Crippen LogP contribution in [0, 0.1) is 5.41 Å². The van der Waals surface area contributed by atoms with E-state index in [2.05, 4.69) is 0 Å². The van der Waals surface area contributed by atoms with Gasteiger partial charge in [0.1, 0.15) is 6.61 Å². The van der Waals surface area contributed by atoms with Gasteiger partial charge in [-0.15, -0.1) is 0 Å². The lowest BCUT2D eigenvalue weighted by molar-refractivity contribution is -0.140. The number of piperidine rings is 1. The first-order chi connectivity index (χ1) is 10.2. The van der Waals surface area contributed by atoms with Gasteiger partial charge >= 0.3 is 0 Å². The molecular formula is C14H26N2O5S. The van der Waals surface area contributed by atoms with Gasteiger partial charge in [0, 0.05) is 26.7 Å². The van der Waals surface area contributed by atoms with Gasteiger partial charge in [-0.05, 0) is 31.6 Å². The minimum Gasteiger partial charge on any atom is -0.394 e. The summed E-state index contributed by atoms with van der Waals surface area (Å²) in [7, 11) is -1.68. The Balaban J connectivity index is 2.13. The third kappa shape index (κ3) is 3.29. The van der Waals surface area contributed by atoms with Crippen molar-refractivity contribution in [1.82, 2.24) is 9.21 Å². The summed E-state index contributed by atoms with van der Waals surface area (Å²) in [6.45, 7) is 3.31. The zero-order valence-corrected chi connectivity index (χ0v) is 14.4. The highest BCUT2D eigenvalue weighted by atomic mass is 32.2. The molecule has 1 N–H and O–H groups in total. The normalized spacial score (nSPS) is 29.2. The van der Waals surface area contributed by atoms with Crippen LogP contribution >= 0.6 is 0 Å². The second-order valence-corrected chi connectivity index (χ2v) is 8.89. The number of aliphatic hydroxyl groups excluding tert-OH is 1. The third-order valence-corrected chi connectivity index (χ3v) is 6.37. The van der Waals surface area contributed by atoms with Gasteiger partial charge in [0.2, 0.25) is 15.9 Å². The minimum atomic E-state index is -3.16. The van der Waals surface area contributed by atoms with Crippen molar-refractivity contribution in [2.24, 2.45) is 5.41 Å². The van der Waals surface area contributed by atoms with Crippen molar-refractivity contribution in [3.05, 3.63) is 0 Å². The van der Waals surface area contributed by atoms with Crippen LogP contribution in [0.4, 0.5) is 0 Å². The number of carbonyl (C=O) groups is 1. The van der Waals surface area contributed by atoms with Crippen molar-refractivity contribution >= 4 is 15.9 Å². The first-order valence-corrected chi connectivity index (χ1v) is 9.36. The van der Waals surface area contributed by atoms with Gasteiger partial charge in [-0.2, -0.15) is 0 Å². The number of hydrogen-bond donors (Lipinski definition) is 1. The fraction of sp³-hybridized carbons (Fsp3) is 0.929. The molecule has 2 saturated heterocycles. The average molecular weight is 334 g/mol. The molecule has 22 heavy (non-hydrogen) atoms. The topological polar surface area (TPSA) is 87.2 Å². The largest absolute Gasteiger partial charge is 0.394 e. The molecule has 0 aromatic rings. The van der Waals surface area contributed by atoms with E-state index in [0.717, 1.165) is 0 Å². The molecule has 2 rings (SSSR count). The fourth-order valence-corrected chi connectivity index (χ4v) is 4.69. The van der Waals surface area contributed by atoms with Crippen LogP contribution in [0.25, 0.3) is 0 Å². The van der Waals surface area contributed by atoms with Crippen LogP contribution in [0.15, 0.2) is 0 Å². The van der Waals surface area contributed by atoms with Crippen molar-refractivity contribution in [3.8, 4) is 0 Å². The Labute approximate surface area is 132 Å². The SMILES string of the molecule is COCC(=O)N1CC2(CCN(S(C)(=O)=O)CC2)C[C@@]1(C)CO. The molecule has 0 aromatic heterocycles. The van der Waals surface area contributed by atoms with E-state index in [1.54, 1.807) is 4.90 Å². The summed E-state index contributed by atoms with van der Waals surface area (Å²) >= 11 is 0. The van der Waals surface area contributed by atoms with Gasteiger partial charge in [-0.3, -0.25) is 4.79 Å². The second-order valence-electron chi connectivity index (χ2n) is 6.91. The number of rotatable bonds is 4. The van der Waals surface area contributed by atoms with Crippen molar-refractivity contribution in [2.75, 3.05) is 46.2 Å². The van der Waals surface area contributed by atoms with Gasteiger partial charge in [-0.1, -0.05) is 0 Å². The number of hydrogen-bond acceptors (Lipinski definition) is 5. The molecule has 1 spiro atoms. The first-order valence-electron chi connectivity index (χ1n) is 7.51. The van der Waals surface area contributed by atoms with E-state index in [0.29, 0.717) is 38.9 Å². The predicted molar refractivity (Wildman–Crippen MR) is 81.8 cm³/mol. The van der Waals surface area contributed by atoms with Crippen LogP contribution in [0.5, 0.6) is 0 Å². The minimum absolute atomic E-state index is 0.00113. The summed E-state index contributed by atoms with van der Waals surface area (Å²) < 4.78 is 29.7. The number of likely N-dealkylation sites (tertiary alicyclic amines) is 1. The van der Waals surface area contributed by atoms with Crippen LogP contribution in [-0.2, 0) is 19.6 Å². The summed E-state index contributed by atoms with van der Waals surface area (Å²) in [4.78, 5) is 14.0. The van der Waals surface area contributed by atoms with Crippen molar-refractivity contribution < 1.29 is 23.1 Å². The maximum absolute atomic E-state index is 12.3. The van der Waals surface area contributed by atoms with E-state index in [1.165, 1.54) is 17.7 Å². The zero-order chi connectivity index (χ0) is 16.6. The van der Waals surface area contributed by atoms with Crippen LogP contribution in [0.1, 0.15) is 26.2 Å². The summed E-state index contributed by atoms with van der Waals surface area (Å²) in [6, 6.07) is 0. The molecule has 8 heteroatoms. The number of nitrogens with zero attached hydrogens (tertiary/aromatic N) is 2. The third-order valence-electron chi connectivity index (χ3n) is 5.06. The van der Waals surface area contributed by atoms with Crippen molar-refractivity contribution in [2.45, 2.75) is 31.7 Å². The molecule has 2 aliphatic rings. The van der Waals surface area contributed by atoms with Gasteiger partial charge in [0.15, 0.2) is 0 Å². The number of ether oxygens (including phenoxy) is 1. The van der Waals surface area contributed by atoms with E-state index in [4.69, 9.17) is 4.74 Å². The highest BCUT2D eigenvalue weighted by molar-refractivity contribution is 7.88. The monoisotopic (exact) mass is 334 g/mol. The number of aliphatic hydroxyl groups is 1. The summed E-state index contributed by atoms with van der Waals surface area (Å²) in [5.74, 6) is -0.124. The maximum atomic E-state index is 12.3. The van der Waals surface area contributed by atoms with Crippen molar-refractivity contribution in [3.63, 3.8) is 0 Å². The van der Waals surface area contributed by atoms with E-state index in [9.17, 15) is 18.3 Å². The molecule has 0 unspecified atom stereocenters. The van der Waals surface area contributed by atoms with E-state index in [-0.39, 0.29) is 24.5 Å². The Bertz CT molecular complexity index is 527. The van der Waals surface area contributed by atoms with E-state index >= 15 is 0 Å². The molecule has 1 atom stereocenters. The highest BCUT2D eigenvalue weighted by Crippen LogP contribution is 2.48. The molecule has 0 saturated carbocycles. The van der Waals surface area contributed by atoms with Crippen LogP contribution in [0.3, 0.4) is 0 Å². The quantitative estimate of drug-likeness (QED) is 0.760. The van der Waals surface area contributed by atoms with Gasteiger partial charge in [0.25, 0.3) is 0 Å². The Morgan fingerprint density at radius 3 is 2.36 bits per heavy atom. The molecule has 0 bridgehead atoms. The van der Waals surface area contributed by atoms with Gasteiger partial charge < -0.3 is 14.7 Å². The lowest BCUT2D eigenvalue weighted by Gasteiger charge is -2.38. The number of sulfonamides is 1. The summed E-state index contributed by atoms with van der Waals surface area (Å²) in [5, 5.41) is 9.77. The molecule has 0 aliphatic carbocycles. The zero-order valence-electron chi connectivity index (χ0n) is 13.5. The Morgan fingerprint density at radius 1 is 1.32 bits per heavy atom. The highest BCUT2D eigenvalue weighted by Gasteiger charge is 2.53. The Kier molecular flexibility index (Phi) is 4.87.